The Balaban J connectivity index is 2.20. The van der Waals surface area contributed by atoms with Gasteiger partial charge in [-0.05, 0) is 19.5 Å². The minimum atomic E-state index is -6.57. The highest BCUT2D eigenvalue weighted by Crippen LogP contribution is 2.77. The van der Waals surface area contributed by atoms with Crippen LogP contribution in [0.2, 0.25) is 0 Å². The number of azide groups is 1. The summed E-state index contributed by atoms with van der Waals surface area (Å²) in [6.07, 6.45) is -1.59. The molecule has 1 fully saturated rings. The van der Waals surface area contributed by atoms with Crippen molar-refractivity contribution in [2.75, 3.05) is 13.7 Å². The van der Waals surface area contributed by atoms with Gasteiger partial charge in [0.05, 0.1) is 18.8 Å². The van der Waals surface area contributed by atoms with Crippen LogP contribution in [0.15, 0.2) is 20.9 Å². The molecule has 0 bridgehead atoms. The van der Waals surface area contributed by atoms with E-state index in [-0.39, 0.29) is 12.0 Å². The van der Waals surface area contributed by atoms with Crippen LogP contribution in [-0.4, -0.2) is 55.4 Å². The number of aromatic amines is 1. The predicted octanol–water partition coefficient (Wildman–Crippen LogP) is 1.09. The number of halogens is 2. The third kappa shape index (κ3) is 5.90. The fourth-order valence-electron chi connectivity index (χ4n) is 2.71. The van der Waals surface area contributed by atoms with Crippen LogP contribution in [0.3, 0.4) is 0 Å². The molecule has 34 heavy (non-hydrogen) atoms. The van der Waals surface area contributed by atoms with E-state index in [9.17, 15) is 41.9 Å². The van der Waals surface area contributed by atoms with Crippen LogP contribution in [0, 0.1) is 6.92 Å². The summed E-state index contributed by atoms with van der Waals surface area (Å²) in [5.74, 6) is 0. The number of nitrogens with one attached hydrogen (secondary N) is 2. The molecule has 1 aromatic heterocycles. The molecule has 22 heteroatoms. The lowest BCUT2D eigenvalue weighted by molar-refractivity contribution is -0.0268. The van der Waals surface area contributed by atoms with E-state index in [0.29, 0.717) is 7.05 Å². The van der Waals surface area contributed by atoms with Crippen LogP contribution in [0.25, 0.3) is 10.4 Å². The average molecular weight is 554 g/mol. The SMILES string of the molecule is CNP(=O)(O)C(F)(F)P(=O)(O)OP(=O)(O)OC[C@@H]1O[C@H](n2cc(C)c(=O)[nH]c2=O)C[C@H]1N=[N+]=[N-]. The largest absolute Gasteiger partial charge is 0.479 e. The predicted molar refractivity (Wildman–Crippen MR) is 108 cm³/mol. The topological polar surface area (TPSA) is 255 Å². The molecule has 3 unspecified atom stereocenters. The maximum Gasteiger partial charge on any atom is 0.479 e. The third-order valence-electron chi connectivity index (χ3n) is 4.48. The van der Waals surface area contributed by atoms with Crippen LogP contribution >= 0.6 is 22.9 Å². The number of rotatable bonds is 10. The highest BCUT2D eigenvalue weighted by molar-refractivity contribution is 7.77. The fourth-order valence-corrected chi connectivity index (χ4v) is 7.01. The first-order chi connectivity index (χ1) is 15.5. The Labute approximate surface area is 188 Å². The lowest BCUT2D eigenvalue weighted by atomic mass is 10.1. The Hall–Kier alpha value is -1.74. The van der Waals surface area contributed by atoms with Crippen LogP contribution in [0.5, 0.6) is 0 Å². The average Bonchev–Trinajstić information content (AvgIpc) is 3.11. The maximum atomic E-state index is 13.9. The van der Waals surface area contributed by atoms with Gasteiger partial charge in [-0.1, -0.05) is 5.11 Å². The second kappa shape index (κ2) is 10.1. The van der Waals surface area contributed by atoms with Crippen LogP contribution in [0.1, 0.15) is 18.2 Å². The smallest absolute Gasteiger partial charge is 0.352 e. The maximum absolute atomic E-state index is 13.9. The Morgan fingerprint density at radius 2 is 2.00 bits per heavy atom. The molecule has 0 aromatic carbocycles. The first-order valence-electron chi connectivity index (χ1n) is 8.91. The summed E-state index contributed by atoms with van der Waals surface area (Å²) < 4.78 is 77.4. The highest BCUT2D eigenvalue weighted by atomic mass is 31.3. The fraction of sp³-hybridized carbons (Fsp3) is 0.667. The first-order valence-corrected chi connectivity index (χ1v) is 13.6. The van der Waals surface area contributed by atoms with E-state index in [0.717, 1.165) is 10.8 Å². The minimum Gasteiger partial charge on any atom is -0.352 e. The molecule has 0 radical (unpaired) electrons. The van der Waals surface area contributed by atoms with E-state index in [1.807, 2.05) is 4.98 Å². The zero-order chi connectivity index (χ0) is 26.1. The van der Waals surface area contributed by atoms with Crippen molar-refractivity contribution in [1.82, 2.24) is 14.6 Å². The number of H-pyrrole nitrogens is 1. The summed E-state index contributed by atoms with van der Waals surface area (Å²) in [6.45, 7) is 0.357. The molecule has 1 aliphatic rings. The minimum absolute atomic E-state index is 0.124. The summed E-state index contributed by atoms with van der Waals surface area (Å²) in [5.41, 5.74) is 7.28. The second-order valence-corrected chi connectivity index (χ2v) is 12.8. The van der Waals surface area contributed by atoms with Gasteiger partial charge in [0.2, 0.25) is 0 Å². The van der Waals surface area contributed by atoms with Crippen LogP contribution in [-0.2, 0) is 27.3 Å². The van der Waals surface area contributed by atoms with E-state index >= 15 is 0 Å². The summed E-state index contributed by atoms with van der Waals surface area (Å²) in [4.78, 5) is 56.2. The molecule has 6 atom stereocenters. The van der Waals surface area contributed by atoms with Gasteiger partial charge < -0.3 is 19.4 Å². The van der Waals surface area contributed by atoms with Crippen molar-refractivity contribution in [3.63, 3.8) is 0 Å². The number of hydrogen-bond donors (Lipinski definition) is 5. The van der Waals surface area contributed by atoms with Crippen LogP contribution in [0.4, 0.5) is 8.78 Å². The molecule has 2 rings (SSSR count). The van der Waals surface area contributed by atoms with Gasteiger partial charge >= 0.3 is 34.0 Å². The molecule has 1 saturated heterocycles. The van der Waals surface area contributed by atoms with Crippen molar-refractivity contribution in [3.8, 4) is 0 Å². The Morgan fingerprint density at radius 1 is 1.38 bits per heavy atom. The van der Waals surface area contributed by atoms with Gasteiger partial charge in [0, 0.05) is 23.1 Å². The number of aryl methyl sites for hydroxylation is 1. The lowest BCUT2D eigenvalue weighted by Gasteiger charge is -2.26. The molecule has 17 nitrogen and oxygen atoms in total. The Morgan fingerprint density at radius 3 is 2.56 bits per heavy atom. The van der Waals surface area contributed by atoms with Crippen molar-refractivity contribution < 1.29 is 50.7 Å². The van der Waals surface area contributed by atoms with Crippen molar-refractivity contribution in [1.29, 1.82) is 0 Å². The van der Waals surface area contributed by atoms with Crippen molar-refractivity contribution in [2.45, 2.75) is 37.1 Å². The zero-order valence-corrected chi connectivity index (χ0v) is 19.9. The van der Waals surface area contributed by atoms with Crippen molar-refractivity contribution in [3.05, 3.63) is 43.0 Å². The van der Waals surface area contributed by atoms with E-state index in [1.165, 1.54) is 12.0 Å². The highest BCUT2D eigenvalue weighted by Gasteiger charge is 2.66. The summed E-state index contributed by atoms with van der Waals surface area (Å²) >= 11 is 0. The first kappa shape index (κ1) is 28.5. The molecular formula is C12H19F2N6O11P3. The van der Waals surface area contributed by atoms with Crippen LogP contribution < -0.4 is 16.3 Å². The number of hydrogen-bond acceptors (Lipinski definition) is 9. The number of phosphoric ester groups is 1. The molecule has 0 amide bonds. The summed E-state index contributed by atoms with van der Waals surface area (Å²) in [6, 6.07) is -1.14. The lowest BCUT2D eigenvalue weighted by Crippen LogP contribution is -2.33. The van der Waals surface area contributed by atoms with Gasteiger partial charge in [-0.25, -0.2) is 18.8 Å². The Bertz CT molecular complexity index is 1250. The van der Waals surface area contributed by atoms with Gasteiger partial charge in [0.25, 0.3) is 5.56 Å². The van der Waals surface area contributed by atoms with E-state index in [2.05, 4.69) is 18.9 Å². The number of aromatic nitrogens is 2. The summed E-state index contributed by atoms with van der Waals surface area (Å²) in [5, 5.41) is -0.782. The quantitative estimate of drug-likeness (QED) is 0.118. The summed E-state index contributed by atoms with van der Waals surface area (Å²) in [7, 11) is -17.6. The molecule has 0 saturated carbocycles. The Kier molecular flexibility index (Phi) is 8.46. The van der Waals surface area contributed by atoms with Gasteiger partial charge in [-0.3, -0.25) is 28.0 Å². The van der Waals surface area contributed by atoms with E-state index in [4.69, 9.17) is 15.2 Å². The van der Waals surface area contributed by atoms with Gasteiger partial charge in [0.15, 0.2) is 0 Å². The molecule has 5 N–H and O–H groups in total. The number of ether oxygens (including phenoxy) is 1. The number of nitrogens with zero attached hydrogens (tertiary/aromatic N) is 4. The molecule has 192 valence electrons. The van der Waals surface area contributed by atoms with Gasteiger partial charge in [-0.15, -0.1) is 0 Å². The second-order valence-electron chi connectivity index (χ2n) is 6.79. The molecule has 0 spiro atoms. The normalized spacial score (nSPS) is 26.1. The van der Waals surface area contributed by atoms with E-state index in [1.54, 1.807) is 0 Å². The zero-order valence-electron chi connectivity index (χ0n) is 17.2. The molecule has 0 aliphatic carbocycles. The van der Waals surface area contributed by atoms with Gasteiger partial charge in [-0.2, -0.15) is 8.78 Å². The molecule has 1 aliphatic heterocycles. The number of alkyl halides is 2. The van der Waals surface area contributed by atoms with Gasteiger partial charge in [0.1, 0.15) is 6.23 Å². The van der Waals surface area contributed by atoms with Crippen molar-refractivity contribution in [2.24, 2.45) is 5.11 Å². The standard InChI is InChI=1S/C12H19F2N6O11P3/c1-6-4-20(11(22)17-10(6)21)9-3-7(18-19-15)8(30-9)5-29-34(27,28)31-33(25,26)12(13,14)32(23,24)16-2/h4,7-9H,3,5H2,1-2H3,(H,25,26)(H,27,28)(H2,16,23,24)(H,17,21,22)/t7-,8+,9+/m1/s1. The number of phosphoric acid groups is 1. The molecule has 2 heterocycles. The molecule has 1 aromatic rings. The van der Waals surface area contributed by atoms with E-state index < -0.39 is 64.6 Å². The monoisotopic (exact) mass is 554 g/mol. The molecular weight excluding hydrogens is 535 g/mol. The van der Waals surface area contributed by atoms with Crippen molar-refractivity contribution >= 4 is 22.9 Å². The third-order valence-corrected chi connectivity index (χ3v) is 10.3.